The Kier molecular flexibility index (Phi) is 8.02. The summed E-state index contributed by atoms with van der Waals surface area (Å²) in [4.78, 5) is 16.7. The zero-order valence-corrected chi connectivity index (χ0v) is 12.4. The Morgan fingerprint density at radius 2 is 2.11 bits per heavy atom. The van der Waals surface area contributed by atoms with E-state index >= 15 is 0 Å². The number of hydrogen-bond donors (Lipinski definition) is 1. The molecule has 0 spiro atoms. The highest BCUT2D eigenvalue weighted by Crippen LogP contribution is 2.12. The molecule has 0 aromatic rings. The Morgan fingerprint density at radius 3 is 2.79 bits per heavy atom. The summed E-state index contributed by atoms with van der Waals surface area (Å²) in [6.45, 7) is 8.16. The van der Waals surface area contributed by atoms with Gasteiger partial charge in [0, 0.05) is 39.2 Å². The van der Waals surface area contributed by atoms with E-state index < -0.39 is 0 Å². The molecule has 1 aliphatic heterocycles. The van der Waals surface area contributed by atoms with Gasteiger partial charge in [0.15, 0.2) is 0 Å². The molecule has 5 heteroatoms. The second-order valence-corrected chi connectivity index (χ2v) is 5.35. The minimum atomic E-state index is 0.106. The highest BCUT2D eigenvalue weighted by Gasteiger charge is 2.22. The molecule has 1 fully saturated rings. The van der Waals surface area contributed by atoms with Crippen LogP contribution in [0.1, 0.15) is 26.2 Å². The van der Waals surface area contributed by atoms with Crippen LogP contribution in [0.15, 0.2) is 0 Å². The summed E-state index contributed by atoms with van der Waals surface area (Å²) in [7, 11) is 1.73. The van der Waals surface area contributed by atoms with Crippen LogP contribution in [0.3, 0.4) is 0 Å². The predicted octanol–water partition coefficient (Wildman–Crippen LogP) is 0.542. The molecule has 1 aliphatic rings. The second-order valence-electron chi connectivity index (χ2n) is 5.35. The van der Waals surface area contributed by atoms with Gasteiger partial charge < -0.3 is 15.4 Å². The second kappa shape index (κ2) is 9.28. The largest absolute Gasteiger partial charge is 0.383 e. The maximum Gasteiger partial charge on any atom is 0.225 e. The fourth-order valence-electron chi connectivity index (χ4n) is 2.49. The lowest BCUT2D eigenvalue weighted by Crippen LogP contribution is -2.38. The van der Waals surface area contributed by atoms with Crippen molar-refractivity contribution in [1.82, 2.24) is 9.80 Å². The molecule has 112 valence electrons. The van der Waals surface area contributed by atoms with Crippen LogP contribution >= 0.6 is 0 Å². The molecule has 2 N–H and O–H groups in total. The minimum absolute atomic E-state index is 0.106. The number of nitrogens with zero attached hydrogens (tertiary/aromatic N) is 2. The monoisotopic (exact) mass is 271 g/mol. The number of methoxy groups -OCH3 is 1. The van der Waals surface area contributed by atoms with Gasteiger partial charge in [-0.1, -0.05) is 6.92 Å². The van der Waals surface area contributed by atoms with Crippen molar-refractivity contribution in [1.29, 1.82) is 0 Å². The van der Waals surface area contributed by atoms with E-state index in [9.17, 15) is 4.79 Å². The molecule has 0 bridgehead atoms. The van der Waals surface area contributed by atoms with Crippen LogP contribution in [0, 0.1) is 5.92 Å². The molecule has 1 heterocycles. The Hall–Kier alpha value is -0.650. The van der Waals surface area contributed by atoms with Gasteiger partial charge in [0.25, 0.3) is 0 Å². The lowest BCUT2D eigenvalue weighted by Gasteiger charge is -2.24. The average molecular weight is 271 g/mol. The van der Waals surface area contributed by atoms with Crippen LogP contribution in [-0.2, 0) is 9.53 Å². The molecule has 0 aromatic heterocycles. The summed E-state index contributed by atoms with van der Waals surface area (Å²) < 4.78 is 5.11. The Morgan fingerprint density at radius 1 is 1.32 bits per heavy atom. The van der Waals surface area contributed by atoms with E-state index in [0.29, 0.717) is 12.5 Å². The lowest BCUT2D eigenvalue weighted by molar-refractivity contribution is -0.135. The molecule has 1 unspecified atom stereocenters. The molecule has 0 aliphatic carbocycles. The molecule has 1 atom stereocenters. The van der Waals surface area contributed by atoms with Crippen molar-refractivity contribution in [3.8, 4) is 0 Å². The first-order chi connectivity index (χ1) is 9.19. The molecule has 19 heavy (non-hydrogen) atoms. The molecule has 5 nitrogen and oxygen atoms in total. The third kappa shape index (κ3) is 5.89. The highest BCUT2D eigenvalue weighted by atomic mass is 16.5. The van der Waals surface area contributed by atoms with E-state index in [1.807, 2.05) is 11.8 Å². The van der Waals surface area contributed by atoms with Gasteiger partial charge in [-0.15, -0.1) is 0 Å². The number of carbonyl (C=O) groups is 1. The standard InChI is InChI=1S/C14H29N3O2/c1-13(5-3-6-15)14(18)17-8-4-7-16(9-10-17)11-12-19-2/h13H,3-12,15H2,1-2H3. The van der Waals surface area contributed by atoms with Gasteiger partial charge in [-0.25, -0.2) is 0 Å². The van der Waals surface area contributed by atoms with E-state index in [0.717, 1.165) is 58.6 Å². The molecular formula is C14H29N3O2. The first-order valence-electron chi connectivity index (χ1n) is 7.39. The van der Waals surface area contributed by atoms with E-state index in [-0.39, 0.29) is 5.92 Å². The maximum absolute atomic E-state index is 12.3. The predicted molar refractivity (Wildman–Crippen MR) is 77.0 cm³/mol. The quantitative estimate of drug-likeness (QED) is 0.734. The van der Waals surface area contributed by atoms with Crippen LogP contribution in [0.25, 0.3) is 0 Å². The fourth-order valence-corrected chi connectivity index (χ4v) is 2.49. The van der Waals surface area contributed by atoms with Gasteiger partial charge in [-0.05, 0) is 32.4 Å². The number of rotatable bonds is 7. The summed E-state index contributed by atoms with van der Waals surface area (Å²) in [5, 5.41) is 0. The number of nitrogens with two attached hydrogens (primary N) is 1. The molecule has 1 rings (SSSR count). The van der Waals surface area contributed by atoms with Crippen molar-refractivity contribution in [2.75, 3.05) is 53.0 Å². The number of hydrogen-bond acceptors (Lipinski definition) is 4. The van der Waals surface area contributed by atoms with Crippen LogP contribution in [-0.4, -0.2) is 68.7 Å². The number of carbonyl (C=O) groups excluding carboxylic acids is 1. The maximum atomic E-state index is 12.3. The van der Waals surface area contributed by atoms with Crippen LogP contribution in [0.5, 0.6) is 0 Å². The fraction of sp³-hybridized carbons (Fsp3) is 0.929. The van der Waals surface area contributed by atoms with Gasteiger partial charge in [0.1, 0.15) is 0 Å². The molecule has 0 radical (unpaired) electrons. The molecule has 0 saturated carbocycles. The molecular weight excluding hydrogens is 242 g/mol. The summed E-state index contributed by atoms with van der Waals surface area (Å²) in [6.07, 6.45) is 2.89. The van der Waals surface area contributed by atoms with Gasteiger partial charge in [-0.2, -0.15) is 0 Å². The van der Waals surface area contributed by atoms with Crippen molar-refractivity contribution in [3.05, 3.63) is 0 Å². The molecule has 1 saturated heterocycles. The van der Waals surface area contributed by atoms with Crippen molar-refractivity contribution in [2.45, 2.75) is 26.2 Å². The lowest BCUT2D eigenvalue weighted by atomic mass is 10.0. The molecule has 1 amide bonds. The third-order valence-corrected chi connectivity index (χ3v) is 3.77. The van der Waals surface area contributed by atoms with Gasteiger partial charge in [0.05, 0.1) is 6.61 Å². The smallest absolute Gasteiger partial charge is 0.225 e. The van der Waals surface area contributed by atoms with Crippen molar-refractivity contribution in [3.63, 3.8) is 0 Å². The van der Waals surface area contributed by atoms with Crippen molar-refractivity contribution >= 4 is 5.91 Å². The highest BCUT2D eigenvalue weighted by molar-refractivity contribution is 5.78. The zero-order valence-electron chi connectivity index (χ0n) is 12.4. The van der Waals surface area contributed by atoms with Crippen LogP contribution < -0.4 is 5.73 Å². The van der Waals surface area contributed by atoms with Crippen molar-refractivity contribution < 1.29 is 9.53 Å². The normalized spacial score (nSPS) is 19.2. The van der Waals surface area contributed by atoms with Crippen LogP contribution in [0.4, 0.5) is 0 Å². The Bertz CT molecular complexity index is 261. The van der Waals surface area contributed by atoms with Gasteiger partial charge in [0.2, 0.25) is 5.91 Å². The topological polar surface area (TPSA) is 58.8 Å². The van der Waals surface area contributed by atoms with E-state index in [2.05, 4.69) is 4.90 Å². The van der Waals surface area contributed by atoms with Crippen molar-refractivity contribution in [2.24, 2.45) is 11.7 Å². The Labute approximate surface area is 117 Å². The van der Waals surface area contributed by atoms with E-state index in [1.165, 1.54) is 0 Å². The summed E-state index contributed by atoms with van der Waals surface area (Å²) in [6, 6.07) is 0. The Balaban J connectivity index is 2.36. The van der Waals surface area contributed by atoms with Gasteiger partial charge in [-0.3, -0.25) is 9.69 Å². The number of amides is 1. The SMILES string of the molecule is COCCN1CCCN(C(=O)C(C)CCCN)CC1. The first-order valence-corrected chi connectivity index (χ1v) is 7.39. The zero-order chi connectivity index (χ0) is 14.1. The summed E-state index contributed by atoms with van der Waals surface area (Å²) in [5.41, 5.74) is 5.50. The minimum Gasteiger partial charge on any atom is -0.383 e. The van der Waals surface area contributed by atoms with E-state index in [1.54, 1.807) is 7.11 Å². The average Bonchev–Trinajstić information content (AvgIpc) is 2.67. The van der Waals surface area contributed by atoms with Crippen LogP contribution in [0.2, 0.25) is 0 Å². The first kappa shape index (κ1) is 16.4. The summed E-state index contributed by atoms with van der Waals surface area (Å²) >= 11 is 0. The molecule has 0 aromatic carbocycles. The summed E-state index contributed by atoms with van der Waals surface area (Å²) in [5.74, 6) is 0.399. The third-order valence-electron chi connectivity index (χ3n) is 3.77. The van der Waals surface area contributed by atoms with E-state index in [4.69, 9.17) is 10.5 Å². The van der Waals surface area contributed by atoms with Gasteiger partial charge >= 0.3 is 0 Å². The number of ether oxygens (including phenoxy) is 1.